The molecule has 1 N–H and O–H groups in total. The number of rotatable bonds is 5. The van der Waals surface area contributed by atoms with E-state index in [1.807, 2.05) is 0 Å². The number of imidazole rings is 1. The number of hydrogen-bond acceptors (Lipinski definition) is 5. The van der Waals surface area contributed by atoms with Crippen LogP contribution in [0.2, 0.25) is 0 Å². The molecule has 25 heavy (non-hydrogen) atoms. The first-order valence-electron chi connectivity index (χ1n) is 7.60. The van der Waals surface area contributed by atoms with Crippen molar-refractivity contribution in [3.05, 3.63) is 48.3 Å². The third kappa shape index (κ3) is 3.08. The van der Waals surface area contributed by atoms with Crippen molar-refractivity contribution in [2.24, 2.45) is 0 Å². The molecule has 1 atom stereocenters. The van der Waals surface area contributed by atoms with Gasteiger partial charge in [-0.25, -0.2) is 13.8 Å². The Morgan fingerprint density at radius 2 is 1.96 bits per heavy atom. The third-order valence-corrected chi connectivity index (χ3v) is 3.86. The molecule has 1 aliphatic rings. The van der Waals surface area contributed by atoms with Crippen molar-refractivity contribution in [3.63, 3.8) is 0 Å². The van der Waals surface area contributed by atoms with Crippen molar-refractivity contribution < 1.29 is 28.1 Å². The van der Waals surface area contributed by atoms with Crippen LogP contribution in [0.25, 0.3) is 11.0 Å². The molecule has 1 aliphatic heterocycles. The van der Waals surface area contributed by atoms with Gasteiger partial charge < -0.3 is 23.9 Å². The predicted molar refractivity (Wildman–Crippen MR) is 83.7 cm³/mol. The van der Waals surface area contributed by atoms with Crippen molar-refractivity contribution >= 4 is 11.0 Å². The molecule has 8 heteroatoms. The van der Waals surface area contributed by atoms with E-state index in [0.717, 1.165) is 12.1 Å². The van der Waals surface area contributed by atoms with E-state index in [2.05, 4.69) is 4.98 Å². The number of fused-ring (bicyclic) bond motifs is 2. The summed E-state index contributed by atoms with van der Waals surface area (Å²) in [5, 5.41) is 10.2. The van der Waals surface area contributed by atoms with Gasteiger partial charge in [-0.3, -0.25) is 0 Å². The first-order chi connectivity index (χ1) is 12.1. The maximum Gasteiger partial charge on any atom is 0.231 e. The van der Waals surface area contributed by atoms with Gasteiger partial charge in [0.05, 0.1) is 23.9 Å². The van der Waals surface area contributed by atoms with Gasteiger partial charge in [-0.15, -0.1) is 0 Å². The van der Waals surface area contributed by atoms with E-state index in [1.165, 1.54) is 6.33 Å². The molecule has 130 valence electrons. The van der Waals surface area contributed by atoms with Crippen LogP contribution in [0.15, 0.2) is 36.7 Å². The molecule has 0 aliphatic carbocycles. The lowest BCUT2D eigenvalue weighted by atomic mass is 10.3. The minimum absolute atomic E-state index is 0.0169. The fourth-order valence-electron chi connectivity index (χ4n) is 2.64. The molecule has 0 bridgehead atoms. The molecule has 1 aromatic heterocycles. The molecular formula is C17H14F2N2O4. The smallest absolute Gasteiger partial charge is 0.231 e. The normalized spacial score (nSPS) is 14.0. The highest BCUT2D eigenvalue weighted by Crippen LogP contribution is 2.35. The number of aliphatic hydroxyl groups is 1. The lowest BCUT2D eigenvalue weighted by Crippen LogP contribution is -2.23. The van der Waals surface area contributed by atoms with Crippen LogP contribution >= 0.6 is 0 Å². The number of benzene rings is 2. The van der Waals surface area contributed by atoms with Crippen molar-refractivity contribution in [3.8, 4) is 17.2 Å². The van der Waals surface area contributed by atoms with Gasteiger partial charge in [0.15, 0.2) is 23.1 Å². The number of aliphatic hydroxyl groups excluding tert-OH is 1. The summed E-state index contributed by atoms with van der Waals surface area (Å²) in [7, 11) is 0. The maximum atomic E-state index is 13.4. The van der Waals surface area contributed by atoms with Gasteiger partial charge in [0.25, 0.3) is 0 Å². The molecule has 0 radical (unpaired) electrons. The summed E-state index contributed by atoms with van der Waals surface area (Å²) in [6.45, 7) is 0.321. The number of ether oxygens (including phenoxy) is 3. The van der Waals surface area contributed by atoms with Crippen molar-refractivity contribution in [1.29, 1.82) is 0 Å². The van der Waals surface area contributed by atoms with E-state index in [1.54, 1.807) is 22.8 Å². The van der Waals surface area contributed by atoms with Gasteiger partial charge in [0.2, 0.25) is 6.79 Å². The van der Waals surface area contributed by atoms with Gasteiger partial charge >= 0.3 is 0 Å². The zero-order chi connectivity index (χ0) is 17.4. The van der Waals surface area contributed by atoms with Gasteiger partial charge in [-0.1, -0.05) is 0 Å². The molecule has 0 saturated heterocycles. The van der Waals surface area contributed by atoms with Crippen LogP contribution in [-0.4, -0.2) is 34.2 Å². The second-order valence-corrected chi connectivity index (χ2v) is 5.63. The molecule has 0 spiro atoms. The number of hydrogen-bond donors (Lipinski definition) is 1. The number of halogens is 2. The molecular weight excluding hydrogens is 334 g/mol. The second-order valence-electron chi connectivity index (χ2n) is 5.63. The Morgan fingerprint density at radius 1 is 1.16 bits per heavy atom. The van der Waals surface area contributed by atoms with Crippen LogP contribution in [0.4, 0.5) is 8.78 Å². The molecule has 6 nitrogen and oxygen atoms in total. The Balaban J connectivity index is 1.42. The van der Waals surface area contributed by atoms with Crippen LogP contribution in [-0.2, 0) is 6.54 Å². The number of aromatic nitrogens is 2. The highest BCUT2D eigenvalue weighted by Gasteiger charge is 2.15. The van der Waals surface area contributed by atoms with E-state index >= 15 is 0 Å². The minimum Gasteiger partial charge on any atom is -0.491 e. The Morgan fingerprint density at radius 3 is 2.84 bits per heavy atom. The highest BCUT2D eigenvalue weighted by atomic mass is 19.2. The van der Waals surface area contributed by atoms with Gasteiger partial charge in [0.1, 0.15) is 18.5 Å². The monoisotopic (exact) mass is 348 g/mol. The first kappa shape index (κ1) is 15.6. The van der Waals surface area contributed by atoms with Gasteiger partial charge in [-0.05, 0) is 12.1 Å². The summed E-state index contributed by atoms with van der Waals surface area (Å²) in [5.74, 6) is -0.145. The lowest BCUT2D eigenvalue weighted by molar-refractivity contribution is 0.0933. The zero-order valence-corrected chi connectivity index (χ0v) is 13.0. The quantitative estimate of drug-likeness (QED) is 0.767. The van der Waals surface area contributed by atoms with Crippen LogP contribution in [0.1, 0.15) is 0 Å². The fraction of sp³-hybridized carbons (Fsp3) is 0.235. The van der Waals surface area contributed by atoms with Crippen LogP contribution in [0.5, 0.6) is 17.2 Å². The number of nitrogens with zero attached hydrogens (tertiary/aromatic N) is 2. The van der Waals surface area contributed by atoms with E-state index in [-0.39, 0.29) is 19.9 Å². The molecule has 0 amide bonds. The van der Waals surface area contributed by atoms with E-state index in [9.17, 15) is 13.9 Å². The van der Waals surface area contributed by atoms with Crippen molar-refractivity contribution in [2.45, 2.75) is 12.6 Å². The lowest BCUT2D eigenvalue weighted by Gasteiger charge is -2.14. The van der Waals surface area contributed by atoms with Crippen LogP contribution in [0, 0.1) is 11.6 Å². The maximum absolute atomic E-state index is 13.4. The Hall–Kier alpha value is -2.87. The summed E-state index contributed by atoms with van der Waals surface area (Å²) in [4.78, 5) is 4.01. The SMILES string of the molecule is O[C@H](COc1ccc2c(c1)OCO2)Cn1cnc2cc(F)c(F)cc21. The molecule has 3 aromatic rings. The Labute approximate surface area is 141 Å². The van der Waals surface area contributed by atoms with Crippen molar-refractivity contribution in [2.75, 3.05) is 13.4 Å². The van der Waals surface area contributed by atoms with Crippen molar-refractivity contribution in [1.82, 2.24) is 9.55 Å². The standard InChI is InChI=1S/C17H14F2N2O4/c18-12-4-14-15(5-13(12)19)21(8-20-14)6-10(22)7-23-11-1-2-16-17(3-11)25-9-24-16/h1-5,8,10,22H,6-7,9H2/t10-/m0/s1. The average Bonchev–Trinajstić information content (AvgIpc) is 3.20. The molecule has 2 heterocycles. The van der Waals surface area contributed by atoms with Crippen LogP contribution < -0.4 is 14.2 Å². The predicted octanol–water partition coefficient (Wildman–Crippen LogP) is 2.48. The van der Waals surface area contributed by atoms with Crippen LogP contribution in [0.3, 0.4) is 0 Å². The second kappa shape index (κ2) is 6.21. The summed E-state index contributed by atoms with van der Waals surface area (Å²) in [5.41, 5.74) is 0.726. The Bertz CT molecular complexity index is 928. The Kier molecular flexibility index (Phi) is 3.89. The molecule has 2 aromatic carbocycles. The van der Waals surface area contributed by atoms with Gasteiger partial charge in [0, 0.05) is 18.2 Å². The molecule has 0 unspecified atom stereocenters. The summed E-state index contributed by atoms with van der Waals surface area (Å²) in [6, 6.07) is 7.20. The average molecular weight is 348 g/mol. The minimum atomic E-state index is -0.958. The zero-order valence-electron chi connectivity index (χ0n) is 13.0. The first-order valence-corrected chi connectivity index (χ1v) is 7.60. The van der Waals surface area contributed by atoms with E-state index in [4.69, 9.17) is 14.2 Å². The summed E-state index contributed by atoms with van der Waals surface area (Å²) < 4.78 is 44.2. The van der Waals surface area contributed by atoms with Gasteiger partial charge in [-0.2, -0.15) is 0 Å². The fourth-order valence-corrected chi connectivity index (χ4v) is 2.64. The summed E-state index contributed by atoms with van der Waals surface area (Å²) >= 11 is 0. The van der Waals surface area contributed by atoms with E-state index < -0.39 is 17.7 Å². The van der Waals surface area contributed by atoms with E-state index in [0.29, 0.717) is 28.3 Å². The topological polar surface area (TPSA) is 65.7 Å². The third-order valence-electron chi connectivity index (χ3n) is 3.86. The molecule has 4 rings (SSSR count). The largest absolute Gasteiger partial charge is 0.491 e. The molecule has 0 saturated carbocycles. The molecule has 0 fully saturated rings. The summed E-state index contributed by atoms with van der Waals surface area (Å²) in [6.07, 6.45) is 0.559. The highest BCUT2D eigenvalue weighted by molar-refractivity contribution is 5.75.